The molecule has 0 fully saturated rings. The zero-order valence-corrected chi connectivity index (χ0v) is 10.1. The fourth-order valence-electron chi connectivity index (χ4n) is 2.13. The molecule has 1 aliphatic rings. The largest absolute Gasteiger partial charge is 0.486 e. The molecule has 0 amide bonds. The van der Waals surface area contributed by atoms with E-state index >= 15 is 0 Å². The van der Waals surface area contributed by atoms with Crippen molar-refractivity contribution in [2.24, 2.45) is 11.7 Å². The number of fused-ring (bicyclic) bond motifs is 1. The summed E-state index contributed by atoms with van der Waals surface area (Å²) < 4.78 is 5.96. The molecule has 0 radical (unpaired) electrons. The van der Waals surface area contributed by atoms with Gasteiger partial charge in [0, 0.05) is 23.1 Å². The second-order valence-corrected chi connectivity index (χ2v) is 4.59. The first-order valence-electron chi connectivity index (χ1n) is 5.98. The summed E-state index contributed by atoms with van der Waals surface area (Å²) in [4.78, 5) is 0. The highest BCUT2D eigenvalue weighted by atomic mass is 16.5. The molecule has 2 atom stereocenters. The summed E-state index contributed by atoms with van der Waals surface area (Å²) >= 11 is 0. The molecule has 4 nitrogen and oxygen atoms in total. The van der Waals surface area contributed by atoms with Crippen LogP contribution in [0.15, 0.2) is 48.3 Å². The number of nitrogens with one attached hydrogen (secondary N) is 1. The van der Waals surface area contributed by atoms with Gasteiger partial charge in [-0.3, -0.25) is 5.10 Å². The molecule has 0 spiro atoms. The molecule has 2 unspecified atom stereocenters. The number of hydrogen-bond donors (Lipinski definition) is 2. The molecule has 18 heavy (non-hydrogen) atoms. The van der Waals surface area contributed by atoms with E-state index in [2.05, 4.69) is 17.1 Å². The summed E-state index contributed by atoms with van der Waals surface area (Å²) in [6.45, 7) is 2.09. The van der Waals surface area contributed by atoms with Crippen molar-refractivity contribution in [3.8, 4) is 5.75 Å². The first kappa shape index (κ1) is 10.9. The summed E-state index contributed by atoms with van der Waals surface area (Å²) in [7, 11) is 0. The van der Waals surface area contributed by atoms with Crippen molar-refractivity contribution in [3.05, 3.63) is 48.3 Å². The Morgan fingerprint density at radius 3 is 3.11 bits per heavy atom. The lowest BCUT2D eigenvalue weighted by Crippen LogP contribution is -2.24. The Bertz CT molecular complexity index is 627. The Balaban J connectivity index is 1.82. The van der Waals surface area contributed by atoms with E-state index in [1.54, 1.807) is 6.20 Å². The van der Waals surface area contributed by atoms with E-state index in [1.165, 1.54) is 0 Å². The van der Waals surface area contributed by atoms with Crippen molar-refractivity contribution in [2.75, 3.05) is 0 Å². The van der Waals surface area contributed by atoms with E-state index in [4.69, 9.17) is 10.5 Å². The van der Waals surface area contributed by atoms with Crippen LogP contribution in [0.4, 0.5) is 0 Å². The fraction of sp³-hybridized carbons (Fsp3) is 0.214. The number of nitrogens with zero attached hydrogens (tertiary/aromatic N) is 1. The van der Waals surface area contributed by atoms with Crippen LogP contribution in [-0.4, -0.2) is 16.3 Å². The fourth-order valence-corrected chi connectivity index (χ4v) is 2.13. The van der Waals surface area contributed by atoms with Crippen molar-refractivity contribution < 1.29 is 4.74 Å². The van der Waals surface area contributed by atoms with Gasteiger partial charge < -0.3 is 10.5 Å². The molecular weight excluding hydrogens is 226 g/mol. The number of hydrogen-bond acceptors (Lipinski definition) is 3. The van der Waals surface area contributed by atoms with Crippen LogP contribution in [0.25, 0.3) is 10.9 Å². The van der Waals surface area contributed by atoms with Gasteiger partial charge in [0.25, 0.3) is 0 Å². The second-order valence-electron chi connectivity index (χ2n) is 4.59. The molecule has 1 aromatic heterocycles. The maximum atomic E-state index is 5.96. The van der Waals surface area contributed by atoms with Crippen molar-refractivity contribution in [2.45, 2.75) is 13.0 Å². The van der Waals surface area contributed by atoms with E-state index in [9.17, 15) is 0 Å². The number of aromatic nitrogens is 2. The molecular formula is C14H15N3O. The van der Waals surface area contributed by atoms with E-state index in [1.807, 2.05) is 36.4 Å². The number of allylic oxidation sites excluding steroid dienone is 1. The summed E-state index contributed by atoms with van der Waals surface area (Å²) in [5.41, 5.74) is 7.53. The van der Waals surface area contributed by atoms with Gasteiger partial charge in [0.1, 0.15) is 11.9 Å². The van der Waals surface area contributed by atoms with Crippen molar-refractivity contribution in [3.63, 3.8) is 0 Å². The third-order valence-electron chi connectivity index (χ3n) is 3.14. The minimum absolute atomic E-state index is 0.0256. The maximum absolute atomic E-state index is 5.96. The molecule has 0 bridgehead atoms. The van der Waals surface area contributed by atoms with Crippen LogP contribution >= 0.6 is 0 Å². The summed E-state index contributed by atoms with van der Waals surface area (Å²) in [5, 5.41) is 8.01. The highest BCUT2D eigenvalue weighted by Crippen LogP contribution is 2.24. The molecule has 3 N–H and O–H groups in total. The van der Waals surface area contributed by atoms with Gasteiger partial charge in [-0.15, -0.1) is 0 Å². The molecule has 4 heteroatoms. The van der Waals surface area contributed by atoms with Crippen molar-refractivity contribution >= 4 is 10.9 Å². The van der Waals surface area contributed by atoms with Gasteiger partial charge in [-0.25, -0.2) is 0 Å². The SMILES string of the molecule is CC1C=C(N)C=CC1Oc1ccc2cn[nH]c2c1. The monoisotopic (exact) mass is 241 g/mol. The normalized spacial score (nSPS) is 23.1. The molecule has 0 aliphatic heterocycles. The quantitative estimate of drug-likeness (QED) is 0.848. The van der Waals surface area contributed by atoms with Gasteiger partial charge in [0.2, 0.25) is 0 Å². The minimum atomic E-state index is 0.0256. The van der Waals surface area contributed by atoms with Crippen LogP contribution in [0.2, 0.25) is 0 Å². The van der Waals surface area contributed by atoms with Gasteiger partial charge >= 0.3 is 0 Å². The number of H-pyrrole nitrogens is 1. The maximum Gasteiger partial charge on any atom is 0.123 e. The van der Waals surface area contributed by atoms with Gasteiger partial charge in [0.15, 0.2) is 0 Å². The first-order chi connectivity index (χ1) is 8.72. The first-order valence-corrected chi connectivity index (χ1v) is 5.98. The predicted octanol–water partition coefficient (Wildman–Crippen LogP) is 2.36. The zero-order valence-electron chi connectivity index (χ0n) is 10.1. The molecule has 2 aromatic rings. The molecule has 1 aromatic carbocycles. The number of ether oxygens (including phenoxy) is 1. The summed E-state index contributed by atoms with van der Waals surface area (Å²) in [6, 6.07) is 5.92. The van der Waals surface area contributed by atoms with Crippen LogP contribution in [0.3, 0.4) is 0 Å². The minimum Gasteiger partial charge on any atom is -0.486 e. The van der Waals surface area contributed by atoms with Crippen LogP contribution in [-0.2, 0) is 0 Å². The van der Waals surface area contributed by atoms with E-state index in [-0.39, 0.29) is 12.0 Å². The Kier molecular flexibility index (Phi) is 2.55. The van der Waals surface area contributed by atoms with Crippen LogP contribution in [0.5, 0.6) is 5.75 Å². The molecule has 1 aliphatic carbocycles. The third-order valence-corrected chi connectivity index (χ3v) is 3.14. The Labute approximate surface area is 105 Å². The highest BCUT2D eigenvalue weighted by molar-refractivity contribution is 5.79. The molecule has 1 heterocycles. The number of nitrogens with two attached hydrogens (primary N) is 1. The summed E-state index contributed by atoms with van der Waals surface area (Å²) in [6.07, 6.45) is 7.72. The average molecular weight is 241 g/mol. The van der Waals surface area contributed by atoms with Gasteiger partial charge in [-0.05, 0) is 24.3 Å². The van der Waals surface area contributed by atoms with Crippen LogP contribution in [0.1, 0.15) is 6.92 Å². The Morgan fingerprint density at radius 2 is 2.28 bits per heavy atom. The third kappa shape index (κ3) is 1.97. The van der Waals surface area contributed by atoms with E-state index < -0.39 is 0 Å². The second kappa shape index (κ2) is 4.22. The molecule has 3 rings (SSSR count). The van der Waals surface area contributed by atoms with E-state index in [0.717, 1.165) is 22.3 Å². The van der Waals surface area contributed by atoms with E-state index in [0.29, 0.717) is 0 Å². The predicted molar refractivity (Wildman–Crippen MR) is 71.1 cm³/mol. The van der Waals surface area contributed by atoms with Gasteiger partial charge in [-0.1, -0.05) is 13.0 Å². The van der Waals surface area contributed by atoms with Crippen molar-refractivity contribution in [1.29, 1.82) is 0 Å². The Morgan fingerprint density at radius 1 is 1.39 bits per heavy atom. The molecule has 0 saturated heterocycles. The highest BCUT2D eigenvalue weighted by Gasteiger charge is 2.17. The van der Waals surface area contributed by atoms with Crippen LogP contribution in [0, 0.1) is 5.92 Å². The molecule has 92 valence electrons. The number of benzene rings is 1. The van der Waals surface area contributed by atoms with Crippen LogP contribution < -0.4 is 10.5 Å². The lowest BCUT2D eigenvalue weighted by Gasteiger charge is -2.23. The standard InChI is InChI=1S/C14H15N3O/c1-9-6-11(15)3-5-14(9)18-12-4-2-10-8-16-17-13(10)7-12/h2-9,14H,15H2,1H3,(H,16,17). The van der Waals surface area contributed by atoms with Crippen molar-refractivity contribution in [1.82, 2.24) is 10.2 Å². The summed E-state index contributed by atoms with van der Waals surface area (Å²) in [5.74, 6) is 1.11. The zero-order chi connectivity index (χ0) is 12.5. The smallest absolute Gasteiger partial charge is 0.123 e. The lowest BCUT2D eigenvalue weighted by atomic mass is 9.98. The number of rotatable bonds is 2. The van der Waals surface area contributed by atoms with Gasteiger partial charge in [0.05, 0.1) is 11.7 Å². The average Bonchev–Trinajstić information content (AvgIpc) is 2.80. The Hall–Kier alpha value is -2.23. The lowest BCUT2D eigenvalue weighted by molar-refractivity contribution is 0.209. The topological polar surface area (TPSA) is 63.9 Å². The van der Waals surface area contributed by atoms with Gasteiger partial charge in [-0.2, -0.15) is 5.10 Å². The molecule has 0 saturated carbocycles. The number of aromatic amines is 1.